The van der Waals surface area contributed by atoms with Gasteiger partial charge in [-0.15, -0.1) is 0 Å². The number of piperidine rings is 1. The van der Waals surface area contributed by atoms with E-state index >= 15 is 0 Å². The Balaban J connectivity index is 1.94. The standard InChI is InChI=1S/C14H25N3O2/c1-10-5-3-6-11-7-4-8-17(13(10)11)9-12(18)16-14(19)15-2/h10-11,13H,3-9H2,1-2H3,(H2,15,16,18,19)/t10-,11-,13+/m0/s1. The molecular formula is C14H25N3O2. The summed E-state index contributed by atoms with van der Waals surface area (Å²) in [4.78, 5) is 25.3. The average molecular weight is 267 g/mol. The third-order valence-electron chi connectivity index (χ3n) is 4.57. The summed E-state index contributed by atoms with van der Waals surface area (Å²) in [6, 6.07) is 0.105. The molecular weight excluding hydrogens is 242 g/mol. The Labute approximate surface area is 115 Å². The minimum absolute atomic E-state index is 0.197. The molecule has 0 aromatic rings. The lowest BCUT2D eigenvalue weighted by molar-refractivity contribution is -0.123. The van der Waals surface area contributed by atoms with Crippen LogP contribution in [-0.4, -0.2) is 43.0 Å². The van der Waals surface area contributed by atoms with Crippen molar-refractivity contribution in [3.05, 3.63) is 0 Å². The van der Waals surface area contributed by atoms with E-state index in [0.29, 0.717) is 18.5 Å². The van der Waals surface area contributed by atoms with Gasteiger partial charge in [0.25, 0.3) is 0 Å². The molecule has 0 aromatic heterocycles. The smallest absolute Gasteiger partial charge is 0.321 e. The highest BCUT2D eigenvalue weighted by molar-refractivity contribution is 5.95. The fourth-order valence-electron chi connectivity index (χ4n) is 3.78. The van der Waals surface area contributed by atoms with Gasteiger partial charge in [-0.1, -0.05) is 13.3 Å². The summed E-state index contributed by atoms with van der Waals surface area (Å²) in [7, 11) is 1.52. The van der Waals surface area contributed by atoms with E-state index in [-0.39, 0.29) is 5.91 Å². The third-order valence-corrected chi connectivity index (χ3v) is 4.57. The second kappa shape index (κ2) is 6.37. The number of nitrogens with one attached hydrogen (secondary N) is 2. The van der Waals surface area contributed by atoms with Gasteiger partial charge in [0, 0.05) is 13.1 Å². The summed E-state index contributed by atoms with van der Waals surface area (Å²) in [6.45, 7) is 3.62. The number of urea groups is 1. The van der Waals surface area contributed by atoms with Crippen LogP contribution in [0.15, 0.2) is 0 Å². The zero-order chi connectivity index (χ0) is 13.8. The second-order valence-corrected chi connectivity index (χ2v) is 5.90. The zero-order valence-electron chi connectivity index (χ0n) is 11.9. The summed E-state index contributed by atoms with van der Waals surface area (Å²) >= 11 is 0. The largest absolute Gasteiger partial charge is 0.341 e. The van der Waals surface area contributed by atoms with Crippen molar-refractivity contribution in [1.82, 2.24) is 15.5 Å². The van der Waals surface area contributed by atoms with Crippen LogP contribution in [0.3, 0.4) is 0 Å². The molecule has 108 valence electrons. The molecule has 1 aliphatic heterocycles. The molecule has 5 heteroatoms. The summed E-state index contributed by atoms with van der Waals surface area (Å²) in [5.41, 5.74) is 0. The number of imide groups is 1. The van der Waals surface area contributed by atoms with Crippen LogP contribution in [-0.2, 0) is 4.79 Å². The molecule has 0 aromatic carbocycles. The van der Waals surface area contributed by atoms with Gasteiger partial charge in [-0.3, -0.25) is 15.0 Å². The van der Waals surface area contributed by atoms with E-state index in [1.165, 1.54) is 39.2 Å². The third kappa shape index (κ3) is 3.47. The molecule has 0 bridgehead atoms. The molecule has 2 rings (SSSR count). The molecule has 0 unspecified atom stereocenters. The van der Waals surface area contributed by atoms with Gasteiger partial charge in [0.15, 0.2) is 0 Å². The van der Waals surface area contributed by atoms with Gasteiger partial charge in [-0.05, 0) is 44.1 Å². The topological polar surface area (TPSA) is 61.4 Å². The molecule has 19 heavy (non-hydrogen) atoms. The molecule has 2 aliphatic rings. The van der Waals surface area contributed by atoms with E-state index in [1.54, 1.807) is 0 Å². The van der Waals surface area contributed by atoms with Crippen molar-refractivity contribution in [3.63, 3.8) is 0 Å². The Hall–Kier alpha value is -1.10. The van der Waals surface area contributed by atoms with Crippen LogP contribution in [0, 0.1) is 11.8 Å². The first-order valence-corrected chi connectivity index (χ1v) is 7.37. The van der Waals surface area contributed by atoms with Gasteiger partial charge in [0.2, 0.25) is 5.91 Å². The first-order valence-electron chi connectivity index (χ1n) is 7.37. The van der Waals surface area contributed by atoms with E-state index in [2.05, 4.69) is 22.5 Å². The zero-order valence-corrected chi connectivity index (χ0v) is 11.9. The number of amides is 3. The SMILES string of the molecule is CNC(=O)NC(=O)CN1CCC[C@@H]2CCC[C@H](C)[C@H]21. The van der Waals surface area contributed by atoms with Crippen molar-refractivity contribution in [3.8, 4) is 0 Å². The predicted octanol–water partition coefficient (Wildman–Crippen LogP) is 1.34. The van der Waals surface area contributed by atoms with Gasteiger partial charge < -0.3 is 5.32 Å². The highest BCUT2D eigenvalue weighted by atomic mass is 16.2. The van der Waals surface area contributed by atoms with Crippen LogP contribution in [0.1, 0.15) is 39.0 Å². The Morgan fingerprint density at radius 2 is 1.95 bits per heavy atom. The van der Waals surface area contributed by atoms with E-state index in [9.17, 15) is 9.59 Å². The maximum Gasteiger partial charge on any atom is 0.321 e. The summed E-state index contributed by atoms with van der Waals surface area (Å²) in [5.74, 6) is 1.20. The molecule has 3 amide bonds. The lowest BCUT2D eigenvalue weighted by Crippen LogP contribution is -2.54. The van der Waals surface area contributed by atoms with Crippen LogP contribution < -0.4 is 10.6 Å². The van der Waals surface area contributed by atoms with Crippen LogP contribution in [0.25, 0.3) is 0 Å². The molecule has 1 saturated heterocycles. The Morgan fingerprint density at radius 3 is 2.68 bits per heavy atom. The van der Waals surface area contributed by atoms with E-state index in [1.807, 2.05) is 0 Å². The minimum atomic E-state index is -0.421. The number of likely N-dealkylation sites (tertiary alicyclic amines) is 1. The fourth-order valence-corrected chi connectivity index (χ4v) is 3.78. The quantitative estimate of drug-likeness (QED) is 0.794. The Morgan fingerprint density at radius 1 is 1.21 bits per heavy atom. The highest BCUT2D eigenvalue weighted by Crippen LogP contribution is 2.38. The molecule has 5 nitrogen and oxygen atoms in total. The number of hydrogen-bond donors (Lipinski definition) is 2. The van der Waals surface area contributed by atoms with Gasteiger partial charge in [0.1, 0.15) is 0 Å². The number of rotatable bonds is 2. The van der Waals surface area contributed by atoms with Crippen LogP contribution >= 0.6 is 0 Å². The van der Waals surface area contributed by atoms with Crippen molar-refractivity contribution in [2.75, 3.05) is 20.1 Å². The number of carbonyl (C=O) groups excluding carboxylic acids is 2. The molecule has 0 spiro atoms. The molecule has 2 fully saturated rings. The van der Waals surface area contributed by atoms with Crippen molar-refractivity contribution in [2.24, 2.45) is 11.8 Å². The predicted molar refractivity (Wildman–Crippen MR) is 73.7 cm³/mol. The molecule has 2 N–H and O–H groups in total. The van der Waals surface area contributed by atoms with Crippen LogP contribution in [0.2, 0.25) is 0 Å². The molecule has 3 atom stereocenters. The van der Waals surface area contributed by atoms with Crippen LogP contribution in [0.4, 0.5) is 4.79 Å². The van der Waals surface area contributed by atoms with Crippen molar-refractivity contribution >= 4 is 11.9 Å². The molecule has 1 aliphatic carbocycles. The minimum Gasteiger partial charge on any atom is -0.341 e. The number of carbonyl (C=O) groups is 2. The van der Waals surface area contributed by atoms with E-state index < -0.39 is 6.03 Å². The van der Waals surface area contributed by atoms with Crippen LogP contribution in [0.5, 0.6) is 0 Å². The number of nitrogens with zero attached hydrogens (tertiary/aromatic N) is 1. The number of hydrogen-bond acceptors (Lipinski definition) is 3. The van der Waals surface area contributed by atoms with Gasteiger partial charge >= 0.3 is 6.03 Å². The first-order chi connectivity index (χ1) is 9.11. The second-order valence-electron chi connectivity index (χ2n) is 5.90. The summed E-state index contributed by atoms with van der Waals surface area (Å²) < 4.78 is 0. The lowest BCUT2D eigenvalue weighted by Gasteiger charge is -2.47. The van der Waals surface area contributed by atoms with Crippen molar-refractivity contribution < 1.29 is 9.59 Å². The van der Waals surface area contributed by atoms with E-state index in [4.69, 9.17) is 0 Å². The van der Waals surface area contributed by atoms with Gasteiger partial charge in [-0.25, -0.2) is 4.79 Å². The highest BCUT2D eigenvalue weighted by Gasteiger charge is 2.38. The Bertz CT molecular complexity index is 344. The van der Waals surface area contributed by atoms with Gasteiger partial charge in [0.05, 0.1) is 6.54 Å². The molecule has 1 heterocycles. The molecule has 0 radical (unpaired) electrons. The maximum atomic E-state index is 11.8. The fraction of sp³-hybridized carbons (Fsp3) is 0.857. The summed E-state index contributed by atoms with van der Waals surface area (Å²) in [5, 5.41) is 4.77. The monoisotopic (exact) mass is 267 g/mol. The Kier molecular flexibility index (Phi) is 4.80. The van der Waals surface area contributed by atoms with Crippen molar-refractivity contribution in [1.29, 1.82) is 0 Å². The number of fused-ring (bicyclic) bond motifs is 1. The normalized spacial score (nSPS) is 31.4. The lowest BCUT2D eigenvalue weighted by atomic mass is 9.73. The maximum absolute atomic E-state index is 11.8. The van der Waals surface area contributed by atoms with Gasteiger partial charge in [-0.2, -0.15) is 0 Å². The average Bonchev–Trinajstić information content (AvgIpc) is 2.38. The molecule has 1 saturated carbocycles. The van der Waals surface area contributed by atoms with E-state index in [0.717, 1.165) is 12.5 Å². The van der Waals surface area contributed by atoms with Crippen molar-refractivity contribution in [2.45, 2.75) is 45.1 Å². The first kappa shape index (κ1) is 14.3. The summed E-state index contributed by atoms with van der Waals surface area (Å²) in [6.07, 6.45) is 6.33.